The number of Topliss-reactive ketones (excluding diaryl/α,β-unsaturated/α-hetero) is 3. The predicted molar refractivity (Wildman–Crippen MR) is 456 cm³/mol. The van der Waals surface area contributed by atoms with E-state index in [1.165, 1.54) is 27.8 Å². The number of methoxy groups -OCH3 is 1. The topological polar surface area (TPSA) is 476 Å². The Morgan fingerprint density at radius 1 is 0.858 bits per heavy atom. The zero-order valence-electron chi connectivity index (χ0n) is 69.3. The maximum absolute atomic E-state index is 15.3. The molecule has 1 saturated carbocycles. The van der Waals surface area contributed by atoms with Gasteiger partial charge in [-0.05, 0) is 138 Å². The summed E-state index contributed by atoms with van der Waals surface area (Å²) in [5, 5.41) is 51.4. The fourth-order valence-corrected chi connectivity index (χ4v) is 21.4. The smallest absolute Gasteiger partial charge is 0.426 e. The molecule has 12 rings (SSSR count). The third-order valence-electron chi connectivity index (χ3n) is 25.2. The van der Waals surface area contributed by atoms with Crippen LogP contribution in [0.5, 0.6) is 5.75 Å². The van der Waals surface area contributed by atoms with Crippen molar-refractivity contribution >= 4 is 115 Å². The molecule has 0 radical (unpaired) electrons. The number of aromatic nitrogens is 5. The molecule has 35 heteroatoms. The van der Waals surface area contributed by atoms with Gasteiger partial charge in [0.25, 0.3) is 23.8 Å². The number of H-pyrrole nitrogens is 2. The van der Waals surface area contributed by atoms with Gasteiger partial charge >= 0.3 is 6.09 Å². The van der Waals surface area contributed by atoms with Crippen LogP contribution in [-0.4, -0.2) is 236 Å². The summed E-state index contributed by atoms with van der Waals surface area (Å²) in [5.41, 5.74) is 15.7. The number of nitrogens with one attached hydrogen (secondary N) is 8. The molecule has 5 aliphatic heterocycles. The van der Waals surface area contributed by atoms with Crippen molar-refractivity contribution in [2.75, 3.05) is 94.9 Å². The lowest BCUT2D eigenvalue weighted by molar-refractivity contribution is -0.204. The monoisotopic (exact) mass is 1690 g/mol. The highest BCUT2D eigenvalue weighted by Gasteiger charge is 2.79. The number of hydrogen-bond acceptors (Lipinski definition) is 26. The van der Waals surface area contributed by atoms with Gasteiger partial charge < -0.3 is 77.1 Å². The van der Waals surface area contributed by atoms with E-state index in [0.717, 1.165) is 33.3 Å². The molecular formula is C85H113N17O16S2. The number of aromatic amines is 2. The zero-order valence-corrected chi connectivity index (χ0v) is 71.0. The number of nitrogens with zero attached hydrogens (tertiary/aromatic N) is 7. The van der Waals surface area contributed by atoms with E-state index in [-0.39, 0.29) is 111 Å². The molecule has 3 fully saturated rings. The van der Waals surface area contributed by atoms with E-state index in [0.29, 0.717) is 143 Å². The third-order valence-corrected chi connectivity index (χ3v) is 27.6. The highest BCUT2D eigenvalue weighted by molar-refractivity contribution is 8.76. The van der Waals surface area contributed by atoms with Crippen LogP contribution in [0.3, 0.4) is 0 Å². The first-order valence-electron chi connectivity index (χ1n) is 41.4. The Labute approximate surface area is 704 Å². The molecule has 8 heterocycles. The number of hydrazine groups is 1. The number of benzene rings is 3. The Bertz CT molecular complexity index is 4930. The number of anilines is 2. The first-order chi connectivity index (χ1) is 57.5. The summed E-state index contributed by atoms with van der Waals surface area (Å²) in [4.78, 5) is 164. The molecule has 6 aliphatic rings. The number of piperidine rings is 1. The summed E-state index contributed by atoms with van der Waals surface area (Å²) >= 11 is 0. The van der Waals surface area contributed by atoms with E-state index in [9.17, 15) is 58.5 Å². The summed E-state index contributed by atoms with van der Waals surface area (Å²) in [5.74, 6) is -3.56. The van der Waals surface area contributed by atoms with Gasteiger partial charge in [-0.3, -0.25) is 63.4 Å². The number of likely N-dealkylation sites (N-methyl/N-ethyl adjacent to an activating group) is 1. The predicted octanol–water partition coefficient (Wildman–Crippen LogP) is 5.13. The van der Waals surface area contributed by atoms with Gasteiger partial charge in [-0.25, -0.2) is 25.2 Å². The van der Waals surface area contributed by atoms with Crippen LogP contribution >= 0.6 is 21.6 Å². The molecule has 6 aromatic rings. The molecule has 1 unspecified atom stereocenters. The quantitative estimate of drug-likeness (QED) is 0.00454. The number of guanidine groups is 1. The molecule has 5 amide bonds. The summed E-state index contributed by atoms with van der Waals surface area (Å²) in [6.07, 6.45) is 6.72. The molecule has 646 valence electrons. The number of nitrogens with two attached hydrogens (primary N) is 2. The normalized spacial score (nSPS) is 24.9. The number of hydrogen-bond donors (Lipinski definition) is 13. The highest BCUT2D eigenvalue weighted by atomic mass is 33.1. The molecule has 1 aliphatic carbocycles. The van der Waals surface area contributed by atoms with Gasteiger partial charge in [-0.2, -0.15) is 0 Å². The van der Waals surface area contributed by atoms with Crippen molar-refractivity contribution in [3.63, 3.8) is 0 Å². The van der Waals surface area contributed by atoms with Crippen LogP contribution in [0.4, 0.5) is 16.2 Å². The Balaban J connectivity index is 0.592. The number of amides is 5. The van der Waals surface area contributed by atoms with Crippen molar-refractivity contribution in [1.82, 2.24) is 61.5 Å². The molecule has 14 atom stereocenters. The van der Waals surface area contributed by atoms with E-state index in [2.05, 4.69) is 84.0 Å². The van der Waals surface area contributed by atoms with Gasteiger partial charge in [0.1, 0.15) is 36.7 Å². The molecule has 2 bridgehead atoms. The average molecular weight is 1690 g/mol. The summed E-state index contributed by atoms with van der Waals surface area (Å²) in [6, 6.07) is 15.5. The van der Waals surface area contributed by atoms with Gasteiger partial charge in [-0.15, -0.1) is 0 Å². The molecule has 2 saturated heterocycles. The van der Waals surface area contributed by atoms with Crippen molar-refractivity contribution in [2.24, 2.45) is 39.6 Å². The average Bonchev–Trinajstić information content (AvgIpc) is 1.47. The number of ether oxygens (including phenoxy) is 3. The van der Waals surface area contributed by atoms with Crippen molar-refractivity contribution in [3.8, 4) is 5.75 Å². The van der Waals surface area contributed by atoms with Crippen LogP contribution in [0.2, 0.25) is 0 Å². The second kappa shape index (κ2) is 38.4. The van der Waals surface area contributed by atoms with E-state index in [1.807, 2.05) is 55.2 Å². The maximum atomic E-state index is 15.3. The lowest BCUT2D eigenvalue weighted by atomic mass is 9.47. The molecule has 15 N–H and O–H groups in total. The van der Waals surface area contributed by atoms with E-state index >= 15 is 4.79 Å². The Hall–Kier alpha value is -10.0. The van der Waals surface area contributed by atoms with Crippen molar-refractivity contribution in [1.29, 1.82) is 0 Å². The number of carbonyl (C=O) groups is 9. The lowest BCUT2D eigenvalue weighted by Crippen LogP contribution is -2.82. The molecular weight excluding hydrogens is 1580 g/mol. The van der Waals surface area contributed by atoms with Crippen LogP contribution in [0.1, 0.15) is 162 Å². The molecule has 120 heavy (non-hydrogen) atoms. The van der Waals surface area contributed by atoms with Crippen molar-refractivity contribution in [2.45, 2.75) is 190 Å². The number of aliphatic imine (C=N–C) groups is 1. The Morgan fingerprint density at radius 3 is 2.37 bits per heavy atom. The van der Waals surface area contributed by atoms with Crippen molar-refractivity contribution in [3.05, 3.63) is 129 Å². The van der Waals surface area contributed by atoms with E-state index in [1.54, 1.807) is 66.1 Å². The van der Waals surface area contributed by atoms with Crippen LogP contribution in [0, 0.1) is 30.1 Å². The minimum absolute atomic E-state index is 0.0662. The SMILES string of the molecule is CC[C@]1(O)C[C@H]2CN(CCc3c([nH]c4ccccc34)[C@@](COC=O)(c3cc4c(cc3OC)N(C)[C@H]3[C@@](O)(C(=O)NNC(=O)OCCSSCCCC(=O)[C@@H](C)NC(=O)[C@@H](C)CC(=O)[C@@H](CCCN=C(N)N)NC(=O)[C@@H](C)CC(=O)CCCNC(=O)c5ccc(NCc6cnc7nc(C)[nH]c(=O)c7n6)cc5)[C@H](O)[C@]5(CC)C=CCN6CC[C@]43[C@@H]65)C2)C1. The maximum Gasteiger partial charge on any atom is 0.426 e. The Morgan fingerprint density at radius 2 is 1.62 bits per heavy atom. The van der Waals surface area contributed by atoms with Crippen molar-refractivity contribution < 1.29 is 72.7 Å². The molecule has 1 spiro atoms. The number of ketones is 3. The number of aryl methyl sites for hydroxylation is 1. The minimum Gasteiger partial charge on any atom is -0.496 e. The molecule has 33 nitrogen and oxygen atoms in total. The van der Waals surface area contributed by atoms with Gasteiger partial charge in [0.15, 0.2) is 34.3 Å². The highest BCUT2D eigenvalue weighted by Crippen LogP contribution is 2.68. The number of aliphatic hydroxyl groups excluding tert-OH is 1. The standard InChI is InChI=1S/C85H113N17O16S2/c1-9-81(114)41-53-42-83(47-117-48-103,69-59(26-32-101(45-53)46-81)58-18-11-12-19-62(58)96-69)61-39-60-64(40-67(61)116-8)100(7)76-84(60)28-33-102-31-16-27-82(10-2,75(84)102)77(111)85(76,115)78(112)98-99-80(113)118-34-36-120-119-35-15-21-65(105)51(5)92-71(107)50(4)38-66(106)63(20-14-30-89-79(86)87)97-72(108)49(3)37-57(104)17-13-29-88-73(109)54-22-24-55(25-23-54)90-43-56-44-91-70-68(95-56)74(110)94-52(6)93-70/h11-12,16,18-19,22-25,27,39-40,44,48-51,53,63,75-77,90,96,111,114-115H,9-10,13-15,17,20-21,26,28-38,41-43,45-47H2,1-8H3,(H,88,109)(H,92,107)(H,97,108)(H,98,112)(H,99,113)(H4,86,87,89)(H,91,93,94,110)/t49-,50-,51+,53+,63+,75-,76+,77+,81-,82+,83-,84+,85-/m0/s1. The third kappa shape index (κ3) is 18.7. The van der Waals surface area contributed by atoms with Crippen LogP contribution in [0.15, 0.2) is 88.8 Å². The fraction of sp³-hybridized carbons (Fsp3) is 0.553. The first-order valence-corrected chi connectivity index (χ1v) is 43.9. The van der Waals surface area contributed by atoms with Crippen LogP contribution in [-0.2, 0) is 66.8 Å². The number of carbonyl (C=O) groups excluding carboxylic acids is 9. The van der Waals surface area contributed by atoms with Gasteiger partial charge in [0.05, 0.1) is 54.7 Å². The van der Waals surface area contributed by atoms with Gasteiger partial charge in [0.2, 0.25) is 11.8 Å². The second-order valence-electron chi connectivity index (χ2n) is 33.1. The summed E-state index contributed by atoms with van der Waals surface area (Å²) in [6.45, 7) is 14.3. The van der Waals surface area contributed by atoms with Crippen LogP contribution in [0.25, 0.3) is 22.1 Å². The van der Waals surface area contributed by atoms with Gasteiger partial charge in [-0.1, -0.05) is 79.6 Å². The largest absolute Gasteiger partial charge is 0.496 e. The lowest BCUT2D eigenvalue weighted by Gasteiger charge is -2.63. The Kier molecular flexibility index (Phi) is 28.5. The van der Waals surface area contributed by atoms with Crippen LogP contribution < -0.4 is 58.8 Å². The molecule has 3 aromatic carbocycles. The number of fused-ring (bicyclic) bond motifs is 7. The second-order valence-corrected chi connectivity index (χ2v) is 35.8. The summed E-state index contributed by atoms with van der Waals surface area (Å²) in [7, 11) is 6.22. The molecule has 3 aromatic heterocycles. The number of para-hydroxylation sites is 1. The number of rotatable bonds is 38. The summed E-state index contributed by atoms with van der Waals surface area (Å²) < 4.78 is 18.0. The zero-order chi connectivity index (χ0) is 86.0. The number of aliphatic hydroxyl groups is 3. The minimum atomic E-state index is -2.58. The fourth-order valence-electron chi connectivity index (χ4n) is 19.5. The van der Waals surface area contributed by atoms with E-state index < -0.39 is 99.2 Å². The first kappa shape index (κ1) is 89.2. The van der Waals surface area contributed by atoms with Gasteiger partial charge in [0, 0.05) is 157 Å². The van der Waals surface area contributed by atoms with E-state index in [4.69, 9.17) is 25.7 Å².